The summed E-state index contributed by atoms with van der Waals surface area (Å²) in [7, 11) is 0. The van der Waals surface area contributed by atoms with E-state index in [1.807, 2.05) is 18.7 Å². The van der Waals surface area contributed by atoms with E-state index in [0.717, 1.165) is 51.3 Å². The van der Waals surface area contributed by atoms with E-state index in [1.165, 1.54) is 6.07 Å². The Morgan fingerprint density at radius 3 is 2.50 bits per heavy atom. The molecule has 1 saturated heterocycles. The van der Waals surface area contributed by atoms with Gasteiger partial charge >= 0.3 is 0 Å². The second-order valence-corrected chi connectivity index (χ2v) is 7.84. The molecule has 1 aromatic rings. The van der Waals surface area contributed by atoms with Gasteiger partial charge < -0.3 is 20.3 Å². The van der Waals surface area contributed by atoms with E-state index in [1.54, 1.807) is 18.2 Å². The molecule has 2 N–H and O–H groups in total. The first-order chi connectivity index (χ1) is 14.5. The van der Waals surface area contributed by atoms with Gasteiger partial charge in [-0.2, -0.15) is 0 Å². The number of carbonyl (C=O) groups excluding carboxylic acids is 1. The predicted octanol–water partition coefficient (Wildman–Crippen LogP) is 3.58. The van der Waals surface area contributed by atoms with Crippen LogP contribution in [-0.2, 0) is 4.79 Å². The number of carbonyl (C=O) groups is 1. The Morgan fingerprint density at radius 1 is 1.23 bits per heavy atom. The molecule has 1 aliphatic rings. The number of aliphatic imine (C=N–C) groups is 1. The quantitative estimate of drug-likeness (QED) is 0.473. The molecule has 0 bridgehead atoms. The van der Waals surface area contributed by atoms with Gasteiger partial charge in [0.2, 0.25) is 5.91 Å². The number of benzene rings is 1. The molecule has 1 atom stereocenters. The SMILES string of the molecule is CCNC(=NCC(C)Oc1ccccc1F)NC1CCN(C(=O)C(CC)CC)CC1. The van der Waals surface area contributed by atoms with Crippen molar-refractivity contribution < 1.29 is 13.9 Å². The minimum absolute atomic E-state index is 0.143. The molecule has 168 valence electrons. The Kier molecular flexibility index (Phi) is 9.91. The highest BCUT2D eigenvalue weighted by Crippen LogP contribution is 2.18. The Hall–Kier alpha value is -2.31. The van der Waals surface area contributed by atoms with Crippen molar-refractivity contribution in [3.63, 3.8) is 0 Å². The number of amides is 1. The molecule has 7 heteroatoms. The van der Waals surface area contributed by atoms with Gasteiger partial charge in [-0.3, -0.25) is 4.79 Å². The molecule has 0 aromatic heterocycles. The lowest BCUT2D eigenvalue weighted by Gasteiger charge is -2.35. The molecular weight excluding hydrogens is 383 g/mol. The van der Waals surface area contributed by atoms with Gasteiger partial charge in [0.25, 0.3) is 0 Å². The van der Waals surface area contributed by atoms with E-state index >= 15 is 0 Å². The molecule has 0 aliphatic carbocycles. The normalized spacial score (nSPS) is 16.5. The van der Waals surface area contributed by atoms with Gasteiger partial charge in [0.05, 0.1) is 6.54 Å². The van der Waals surface area contributed by atoms with E-state index in [9.17, 15) is 9.18 Å². The molecular formula is C23H37FN4O2. The molecule has 0 spiro atoms. The fraction of sp³-hybridized carbons (Fsp3) is 0.652. The summed E-state index contributed by atoms with van der Waals surface area (Å²) in [6.07, 6.45) is 3.35. The largest absolute Gasteiger partial charge is 0.486 e. The van der Waals surface area contributed by atoms with E-state index in [4.69, 9.17) is 4.74 Å². The molecule has 1 aliphatic heterocycles. The Bertz CT molecular complexity index is 686. The Labute approximate surface area is 180 Å². The zero-order valence-electron chi connectivity index (χ0n) is 18.8. The van der Waals surface area contributed by atoms with Crippen LogP contribution in [0.5, 0.6) is 5.75 Å². The molecule has 0 saturated carbocycles. The lowest BCUT2D eigenvalue weighted by Crippen LogP contribution is -2.50. The fourth-order valence-corrected chi connectivity index (χ4v) is 3.67. The van der Waals surface area contributed by atoms with Crippen LogP contribution < -0.4 is 15.4 Å². The number of guanidine groups is 1. The van der Waals surface area contributed by atoms with E-state index in [2.05, 4.69) is 29.5 Å². The van der Waals surface area contributed by atoms with Crippen molar-refractivity contribution >= 4 is 11.9 Å². The fourth-order valence-electron chi connectivity index (χ4n) is 3.67. The second-order valence-electron chi connectivity index (χ2n) is 7.84. The Balaban J connectivity index is 1.85. The third-order valence-corrected chi connectivity index (χ3v) is 5.50. The maximum atomic E-state index is 13.7. The number of hydrogen-bond acceptors (Lipinski definition) is 3. The summed E-state index contributed by atoms with van der Waals surface area (Å²) in [4.78, 5) is 19.2. The molecule has 1 fully saturated rings. The smallest absolute Gasteiger partial charge is 0.225 e. The number of nitrogens with zero attached hydrogens (tertiary/aromatic N) is 2. The summed E-state index contributed by atoms with van der Waals surface area (Å²) >= 11 is 0. The van der Waals surface area contributed by atoms with Crippen LogP contribution in [0.2, 0.25) is 0 Å². The van der Waals surface area contributed by atoms with E-state index < -0.39 is 0 Å². The van der Waals surface area contributed by atoms with Crippen LogP contribution in [0.4, 0.5) is 4.39 Å². The minimum atomic E-state index is -0.368. The summed E-state index contributed by atoms with van der Waals surface area (Å²) in [6.45, 7) is 10.8. The first-order valence-corrected chi connectivity index (χ1v) is 11.2. The van der Waals surface area contributed by atoms with Crippen LogP contribution in [0.3, 0.4) is 0 Å². The predicted molar refractivity (Wildman–Crippen MR) is 119 cm³/mol. The molecule has 1 heterocycles. The molecule has 6 nitrogen and oxygen atoms in total. The highest BCUT2D eigenvalue weighted by atomic mass is 19.1. The van der Waals surface area contributed by atoms with Crippen LogP contribution in [-0.4, -0.2) is 55.1 Å². The van der Waals surface area contributed by atoms with Crippen molar-refractivity contribution in [3.05, 3.63) is 30.1 Å². The van der Waals surface area contributed by atoms with Crippen molar-refractivity contribution in [2.24, 2.45) is 10.9 Å². The average Bonchev–Trinajstić information content (AvgIpc) is 2.75. The standard InChI is InChI=1S/C23H37FN4O2/c1-5-18(6-2)22(29)28-14-12-19(13-15-28)27-23(25-7-3)26-16-17(4)30-21-11-9-8-10-20(21)24/h8-11,17-19H,5-7,12-16H2,1-4H3,(H2,25,26,27). The van der Waals surface area contributed by atoms with Gasteiger partial charge in [0.1, 0.15) is 6.10 Å². The van der Waals surface area contributed by atoms with Gasteiger partial charge in [-0.05, 0) is 51.7 Å². The lowest BCUT2D eigenvalue weighted by molar-refractivity contribution is -0.136. The van der Waals surface area contributed by atoms with E-state index in [0.29, 0.717) is 6.54 Å². The number of likely N-dealkylation sites (tertiary alicyclic amines) is 1. The number of ether oxygens (including phenoxy) is 1. The number of hydrogen-bond donors (Lipinski definition) is 2. The van der Waals surface area contributed by atoms with Crippen LogP contribution in [0.15, 0.2) is 29.3 Å². The number of piperidine rings is 1. The Morgan fingerprint density at radius 2 is 1.90 bits per heavy atom. The van der Waals surface area contributed by atoms with Crippen molar-refractivity contribution in [3.8, 4) is 5.75 Å². The van der Waals surface area contributed by atoms with Crippen LogP contribution in [0.25, 0.3) is 0 Å². The first kappa shape index (κ1) is 24.0. The van der Waals surface area contributed by atoms with Crippen molar-refractivity contribution in [1.82, 2.24) is 15.5 Å². The lowest BCUT2D eigenvalue weighted by atomic mass is 9.98. The molecule has 2 rings (SSSR count). The summed E-state index contributed by atoms with van der Waals surface area (Å²) < 4.78 is 19.4. The highest BCUT2D eigenvalue weighted by Gasteiger charge is 2.26. The van der Waals surface area contributed by atoms with Crippen LogP contribution in [0.1, 0.15) is 53.4 Å². The molecule has 1 aromatic carbocycles. The monoisotopic (exact) mass is 420 g/mol. The van der Waals surface area contributed by atoms with Gasteiger partial charge in [0, 0.05) is 31.6 Å². The third kappa shape index (κ3) is 7.18. The summed E-state index contributed by atoms with van der Waals surface area (Å²) in [6, 6.07) is 6.67. The minimum Gasteiger partial charge on any atom is -0.486 e. The summed E-state index contributed by atoms with van der Waals surface area (Å²) in [5.41, 5.74) is 0. The topological polar surface area (TPSA) is 66.0 Å². The van der Waals surface area contributed by atoms with Gasteiger partial charge in [-0.1, -0.05) is 26.0 Å². The van der Waals surface area contributed by atoms with Crippen molar-refractivity contribution in [2.75, 3.05) is 26.2 Å². The number of rotatable bonds is 9. The molecule has 30 heavy (non-hydrogen) atoms. The summed E-state index contributed by atoms with van der Waals surface area (Å²) in [5, 5.41) is 6.74. The zero-order valence-corrected chi connectivity index (χ0v) is 18.8. The second kappa shape index (κ2) is 12.4. The maximum Gasteiger partial charge on any atom is 0.225 e. The average molecular weight is 421 g/mol. The third-order valence-electron chi connectivity index (χ3n) is 5.50. The molecule has 0 radical (unpaired) electrons. The van der Waals surface area contributed by atoms with Gasteiger partial charge in [0.15, 0.2) is 17.5 Å². The van der Waals surface area contributed by atoms with E-state index in [-0.39, 0.29) is 35.5 Å². The maximum absolute atomic E-state index is 13.7. The molecule has 1 amide bonds. The number of halogens is 1. The molecule has 1 unspecified atom stereocenters. The van der Waals surface area contributed by atoms with Crippen LogP contribution in [0, 0.1) is 11.7 Å². The highest BCUT2D eigenvalue weighted by molar-refractivity contribution is 5.80. The van der Waals surface area contributed by atoms with Crippen LogP contribution >= 0.6 is 0 Å². The zero-order chi connectivity index (χ0) is 21.9. The van der Waals surface area contributed by atoms with Crippen molar-refractivity contribution in [1.29, 1.82) is 0 Å². The number of para-hydroxylation sites is 1. The first-order valence-electron chi connectivity index (χ1n) is 11.2. The van der Waals surface area contributed by atoms with Gasteiger partial charge in [-0.25, -0.2) is 9.38 Å². The van der Waals surface area contributed by atoms with Crippen molar-refractivity contribution in [2.45, 2.75) is 65.5 Å². The number of nitrogens with one attached hydrogen (secondary N) is 2. The van der Waals surface area contributed by atoms with Gasteiger partial charge in [-0.15, -0.1) is 0 Å². The summed E-state index contributed by atoms with van der Waals surface area (Å²) in [5.74, 6) is 1.04.